The number of ether oxygens (including phenoxy) is 1. The number of methoxy groups -OCH3 is 1. The first-order valence-corrected chi connectivity index (χ1v) is 7.84. The van der Waals surface area contributed by atoms with Crippen LogP contribution in [-0.2, 0) is 23.1 Å². The molecule has 8 heteroatoms. The highest BCUT2D eigenvalue weighted by Crippen LogP contribution is 2.22. The summed E-state index contributed by atoms with van der Waals surface area (Å²) in [7, 11) is -0.255. The quantitative estimate of drug-likeness (QED) is 0.696. The van der Waals surface area contributed by atoms with Gasteiger partial charge in [0.2, 0.25) is 10.0 Å². The van der Waals surface area contributed by atoms with Crippen LogP contribution in [-0.4, -0.2) is 32.5 Å². The van der Waals surface area contributed by atoms with Crippen LogP contribution in [0.1, 0.15) is 11.4 Å². The number of aromatic nitrogens is 2. The predicted molar refractivity (Wildman–Crippen MR) is 78.4 cm³/mol. The smallest absolute Gasteiger partial charge is 0.240 e. The standard InChI is InChI=1S/C13H18N4O3S/c1-14-8-10-7-11(3-4-12(10)20-2)21(18,19)17-9-13-15-5-6-16-13/h3-7,14,17H,8-9H2,1-2H3,(H,15,16). The molecule has 0 fully saturated rings. The molecule has 3 N–H and O–H groups in total. The van der Waals surface area contributed by atoms with Crippen LogP contribution < -0.4 is 14.8 Å². The van der Waals surface area contributed by atoms with Crippen molar-refractivity contribution in [3.63, 3.8) is 0 Å². The molecule has 0 aliphatic carbocycles. The van der Waals surface area contributed by atoms with Crippen molar-refractivity contribution in [2.75, 3.05) is 14.2 Å². The van der Waals surface area contributed by atoms with Crippen LogP contribution in [0.4, 0.5) is 0 Å². The summed E-state index contributed by atoms with van der Waals surface area (Å²) >= 11 is 0. The minimum atomic E-state index is -3.60. The van der Waals surface area contributed by atoms with Gasteiger partial charge in [0.1, 0.15) is 11.6 Å². The van der Waals surface area contributed by atoms with Crippen LogP contribution in [0.15, 0.2) is 35.5 Å². The van der Waals surface area contributed by atoms with E-state index in [2.05, 4.69) is 20.0 Å². The number of benzene rings is 1. The Hall–Kier alpha value is -1.90. The monoisotopic (exact) mass is 310 g/mol. The molecular weight excluding hydrogens is 292 g/mol. The summed E-state index contributed by atoms with van der Waals surface area (Å²) in [6.07, 6.45) is 3.21. The largest absolute Gasteiger partial charge is 0.496 e. The third-order valence-corrected chi connectivity index (χ3v) is 4.31. The van der Waals surface area contributed by atoms with Gasteiger partial charge in [-0.25, -0.2) is 18.1 Å². The zero-order chi connectivity index (χ0) is 15.3. The Morgan fingerprint density at radius 3 is 2.76 bits per heavy atom. The van der Waals surface area contributed by atoms with E-state index in [1.54, 1.807) is 38.7 Å². The Kier molecular flexibility index (Phi) is 4.94. The zero-order valence-electron chi connectivity index (χ0n) is 11.9. The Morgan fingerprint density at radius 1 is 1.33 bits per heavy atom. The maximum Gasteiger partial charge on any atom is 0.240 e. The highest BCUT2D eigenvalue weighted by Gasteiger charge is 2.16. The van der Waals surface area contributed by atoms with Gasteiger partial charge in [-0.2, -0.15) is 0 Å². The number of hydrogen-bond donors (Lipinski definition) is 3. The summed E-state index contributed by atoms with van der Waals surface area (Å²) in [5.41, 5.74) is 0.779. The minimum absolute atomic E-state index is 0.114. The molecule has 0 amide bonds. The number of sulfonamides is 1. The average Bonchev–Trinajstić information content (AvgIpc) is 2.99. The van der Waals surface area contributed by atoms with Crippen molar-refractivity contribution in [2.45, 2.75) is 18.0 Å². The molecule has 0 unspecified atom stereocenters. The van der Waals surface area contributed by atoms with E-state index in [9.17, 15) is 8.42 Å². The SMILES string of the molecule is CNCc1cc(S(=O)(=O)NCc2ncc[nH]2)ccc1OC. The molecule has 0 radical (unpaired) electrons. The summed E-state index contributed by atoms with van der Waals surface area (Å²) in [4.78, 5) is 7.01. The molecule has 0 saturated heterocycles. The van der Waals surface area contributed by atoms with Gasteiger partial charge in [0.15, 0.2) is 0 Å². The summed E-state index contributed by atoms with van der Waals surface area (Å²) in [6, 6.07) is 4.76. The fraction of sp³-hybridized carbons (Fsp3) is 0.308. The van der Waals surface area contributed by atoms with Crippen LogP contribution in [0, 0.1) is 0 Å². The van der Waals surface area contributed by atoms with Gasteiger partial charge in [0.05, 0.1) is 18.6 Å². The van der Waals surface area contributed by atoms with Gasteiger partial charge in [-0.3, -0.25) is 0 Å². The van der Waals surface area contributed by atoms with E-state index in [0.29, 0.717) is 18.1 Å². The summed E-state index contributed by atoms with van der Waals surface area (Å²) in [5.74, 6) is 1.21. The molecule has 1 aromatic heterocycles. The molecule has 0 aliphatic heterocycles. The first-order valence-electron chi connectivity index (χ1n) is 6.36. The number of imidazole rings is 1. The van der Waals surface area contributed by atoms with E-state index in [0.717, 1.165) is 5.56 Å². The van der Waals surface area contributed by atoms with Crippen LogP contribution in [0.3, 0.4) is 0 Å². The van der Waals surface area contributed by atoms with Crippen LogP contribution in [0.2, 0.25) is 0 Å². The van der Waals surface area contributed by atoms with Crippen LogP contribution in [0.5, 0.6) is 5.75 Å². The van der Waals surface area contributed by atoms with Crippen molar-refractivity contribution in [1.82, 2.24) is 20.0 Å². The second kappa shape index (κ2) is 6.70. The molecule has 1 heterocycles. The van der Waals surface area contributed by atoms with E-state index in [1.165, 1.54) is 6.07 Å². The molecule has 114 valence electrons. The number of nitrogens with zero attached hydrogens (tertiary/aromatic N) is 1. The lowest BCUT2D eigenvalue weighted by molar-refractivity contribution is 0.408. The second-order valence-corrected chi connectivity index (χ2v) is 6.13. The van der Waals surface area contributed by atoms with Gasteiger partial charge >= 0.3 is 0 Å². The average molecular weight is 310 g/mol. The lowest BCUT2D eigenvalue weighted by Gasteiger charge is -2.11. The van der Waals surface area contributed by atoms with Crippen LogP contribution in [0.25, 0.3) is 0 Å². The Bertz CT molecular complexity index is 683. The lowest BCUT2D eigenvalue weighted by atomic mass is 10.2. The highest BCUT2D eigenvalue weighted by molar-refractivity contribution is 7.89. The van der Waals surface area contributed by atoms with E-state index in [-0.39, 0.29) is 11.4 Å². The Labute approximate surface area is 123 Å². The Balaban J connectivity index is 2.20. The van der Waals surface area contributed by atoms with Gasteiger partial charge in [0.25, 0.3) is 0 Å². The molecule has 0 bridgehead atoms. The van der Waals surface area contributed by atoms with Crippen molar-refractivity contribution < 1.29 is 13.2 Å². The second-order valence-electron chi connectivity index (χ2n) is 4.36. The van der Waals surface area contributed by atoms with Crippen molar-refractivity contribution >= 4 is 10.0 Å². The third-order valence-electron chi connectivity index (χ3n) is 2.91. The summed E-state index contributed by atoms with van der Waals surface area (Å²) < 4.78 is 32.3. The fourth-order valence-corrected chi connectivity index (χ4v) is 2.93. The van der Waals surface area contributed by atoms with Gasteiger partial charge < -0.3 is 15.0 Å². The maximum atomic E-state index is 12.3. The van der Waals surface area contributed by atoms with Crippen molar-refractivity contribution in [1.29, 1.82) is 0 Å². The molecule has 2 aromatic rings. The molecule has 0 aliphatic rings. The van der Waals surface area contributed by atoms with Gasteiger partial charge in [-0.1, -0.05) is 0 Å². The molecule has 0 atom stereocenters. The first kappa shape index (κ1) is 15.5. The van der Waals surface area contributed by atoms with Crippen molar-refractivity contribution in [3.05, 3.63) is 42.0 Å². The number of aromatic amines is 1. The molecule has 0 spiro atoms. The molecular formula is C13H18N4O3S. The summed E-state index contributed by atoms with van der Waals surface area (Å²) in [5, 5.41) is 2.98. The fourth-order valence-electron chi connectivity index (χ4n) is 1.89. The third kappa shape index (κ3) is 3.81. The van der Waals surface area contributed by atoms with Gasteiger partial charge in [0, 0.05) is 24.5 Å². The number of H-pyrrole nitrogens is 1. The molecule has 7 nitrogen and oxygen atoms in total. The highest BCUT2D eigenvalue weighted by atomic mass is 32.2. The van der Waals surface area contributed by atoms with Crippen LogP contribution >= 0.6 is 0 Å². The number of nitrogens with one attached hydrogen (secondary N) is 3. The van der Waals surface area contributed by atoms with E-state index >= 15 is 0 Å². The Morgan fingerprint density at radius 2 is 2.14 bits per heavy atom. The van der Waals surface area contributed by atoms with E-state index < -0.39 is 10.0 Å². The lowest BCUT2D eigenvalue weighted by Crippen LogP contribution is -2.24. The van der Waals surface area contributed by atoms with Gasteiger partial charge in [-0.15, -0.1) is 0 Å². The minimum Gasteiger partial charge on any atom is -0.496 e. The molecule has 21 heavy (non-hydrogen) atoms. The topological polar surface area (TPSA) is 96.1 Å². The van der Waals surface area contributed by atoms with Gasteiger partial charge in [-0.05, 0) is 25.2 Å². The van der Waals surface area contributed by atoms with E-state index in [4.69, 9.17) is 4.74 Å². The number of hydrogen-bond acceptors (Lipinski definition) is 5. The van der Waals surface area contributed by atoms with Crippen molar-refractivity contribution in [2.24, 2.45) is 0 Å². The van der Waals surface area contributed by atoms with Crippen molar-refractivity contribution in [3.8, 4) is 5.75 Å². The molecule has 2 rings (SSSR count). The predicted octanol–water partition coefficient (Wildman–Crippen LogP) is 0.616. The molecule has 0 saturated carbocycles. The summed E-state index contributed by atoms with van der Waals surface area (Å²) in [6.45, 7) is 0.632. The van der Waals surface area contributed by atoms with E-state index in [1.807, 2.05) is 0 Å². The zero-order valence-corrected chi connectivity index (χ0v) is 12.7. The first-order chi connectivity index (χ1) is 10.1. The maximum absolute atomic E-state index is 12.3. The normalized spacial score (nSPS) is 11.5. The molecule has 1 aromatic carbocycles. The number of rotatable bonds is 7.